The van der Waals surface area contributed by atoms with E-state index < -0.39 is 8.32 Å². The highest BCUT2D eigenvalue weighted by molar-refractivity contribution is 6.74. The molecule has 2 rings (SSSR count). The molecular formula is C20H33NO3Si. The zero-order valence-corrected chi connectivity index (χ0v) is 17.7. The van der Waals surface area contributed by atoms with Gasteiger partial charge in [-0.2, -0.15) is 0 Å². The van der Waals surface area contributed by atoms with Gasteiger partial charge >= 0.3 is 0 Å². The molecule has 1 aromatic rings. The van der Waals surface area contributed by atoms with E-state index in [9.17, 15) is 4.79 Å². The summed E-state index contributed by atoms with van der Waals surface area (Å²) < 4.78 is 12.3. The van der Waals surface area contributed by atoms with E-state index in [0.29, 0.717) is 13.2 Å². The Morgan fingerprint density at radius 3 is 2.44 bits per heavy atom. The smallest absolute Gasteiger partial charge is 0.252 e. The van der Waals surface area contributed by atoms with Gasteiger partial charge in [-0.1, -0.05) is 51.1 Å². The molecule has 1 aliphatic rings. The maximum absolute atomic E-state index is 12.8. The first kappa shape index (κ1) is 20.1. The molecule has 5 heteroatoms. The fourth-order valence-electron chi connectivity index (χ4n) is 2.89. The van der Waals surface area contributed by atoms with Gasteiger partial charge in [0.2, 0.25) is 0 Å². The molecule has 0 bridgehead atoms. The fraction of sp³-hybridized carbons (Fsp3) is 0.650. The van der Waals surface area contributed by atoms with Gasteiger partial charge in [0.25, 0.3) is 5.91 Å². The van der Waals surface area contributed by atoms with Gasteiger partial charge in [-0.3, -0.25) is 4.79 Å². The predicted molar refractivity (Wildman–Crippen MR) is 104 cm³/mol. The van der Waals surface area contributed by atoms with Crippen molar-refractivity contribution in [3.05, 3.63) is 35.9 Å². The second-order valence-electron chi connectivity index (χ2n) is 8.58. The molecule has 0 N–H and O–H groups in total. The first-order chi connectivity index (χ1) is 11.5. The van der Waals surface area contributed by atoms with Gasteiger partial charge < -0.3 is 14.1 Å². The third kappa shape index (κ3) is 4.71. The standard InChI is InChI=1S/C20H33NO3Si/c1-15(24-25(6,7)20(3,4)5)18-14-23-16(2)19(22)21(18)13-17-11-9-8-10-12-17/h8-12,15-16,18H,13-14H2,1-7H3/t15?,16?,18-/m1/s1. The van der Waals surface area contributed by atoms with Gasteiger partial charge in [0.1, 0.15) is 6.10 Å². The van der Waals surface area contributed by atoms with Crippen molar-refractivity contribution in [3.63, 3.8) is 0 Å². The van der Waals surface area contributed by atoms with Crippen molar-refractivity contribution in [2.75, 3.05) is 6.61 Å². The normalized spacial score (nSPS) is 23.6. The number of ether oxygens (including phenoxy) is 1. The second kappa shape index (κ2) is 7.60. The first-order valence-electron chi connectivity index (χ1n) is 9.17. The Morgan fingerprint density at radius 1 is 1.28 bits per heavy atom. The Bertz CT molecular complexity index is 582. The summed E-state index contributed by atoms with van der Waals surface area (Å²) in [7, 11) is -1.91. The molecule has 0 aromatic heterocycles. The molecule has 4 nitrogen and oxygen atoms in total. The van der Waals surface area contributed by atoms with Crippen molar-refractivity contribution >= 4 is 14.2 Å². The minimum absolute atomic E-state index is 0.0470. The highest BCUT2D eigenvalue weighted by Gasteiger charge is 2.43. The number of nitrogens with zero attached hydrogens (tertiary/aromatic N) is 1. The van der Waals surface area contributed by atoms with E-state index in [2.05, 4.69) is 52.9 Å². The summed E-state index contributed by atoms with van der Waals surface area (Å²) in [5, 5.41) is 0.137. The molecule has 0 saturated carbocycles. The SMILES string of the molecule is CC1OC[C@H](C(C)O[Si](C)(C)C(C)(C)C)N(Cc2ccccc2)C1=O. The quantitative estimate of drug-likeness (QED) is 0.736. The molecule has 25 heavy (non-hydrogen) atoms. The van der Waals surface area contributed by atoms with E-state index in [-0.39, 0.29) is 29.2 Å². The molecule has 0 radical (unpaired) electrons. The van der Waals surface area contributed by atoms with E-state index in [4.69, 9.17) is 9.16 Å². The molecule has 1 amide bonds. The van der Waals surface area contributed by atoms with Crippen molar-refractivity contribution in [2.45, 2.75) is 77.5 Å². The summed E-state index contributed by atoms with van der Waals surface area (Å²) in [5.74, 6) is 0.0470. The van der Waals surface area contributed by atoms with Crippen LogP contribution in [0, 0.1) is 0 Å². The van der Waals surface area contributed by atoms with Crippen LogP contribution in [0.3, 0.4) is 0 Å². The minimum atomic E-state index is -1.91. The summed E-state index contributed by atoms with van der Waals surface area (Å²) in [4.78, 5) is 14.7. The zero-order chi connectivity index (χ0) is 18.8. The van der Waals surface area contributed by atoms with E-state index in [0.717, 1.165) is 5.56 Å². The number of amides is 1. The predicted octanol–water partition coefficient (Wildman–Crippen LogP) is 4.21. The van der Waals surface area contributed by atoms with Crippen molar-refractivity contribution in [1.29, 1.82) is 0 Å². The Morgan fingerprint density at radius 2 is 1.88 bits per heavy atom. The Hall–Kier alpha value is -1.17. The highest BCUT2D eigenvalue weighted by Crippen LogP contribution is 2.38. The van der Waals surface area contributed by atoms with Crippen LogP contribution in [0.5, 0.6) is 0 Å². The lowest BCUT2D eigenvalue weighted by atomic mass is 10.1. The Balaban J connectivity index is 2.19. The van der Waals surface area contributed by atoms with Gasteiger partial charge in [-0.05, 0) is 37.5 Å². The molecule has 140 valence electrons. The minimum Gasteiger partial charge on any atom is -0.412 e. The Kier molecular flexibility index (Phi) is 6.12. The molecule has 0 spiro atoms. The van der Waals surface area contributed by atoms with Crippen LogP contribution in [-0.2, 0) is 20.5 Å². The van der Waals surface area contributed by atoms with Crippen molar-refractivity contribution in [1.82, 2.24) is 4.90 Å². The monoisotopic (exact) mass is 363 g/mol. The molecule has 0 aliphatic carbocycles. The molecule has 3 atom stereocenters. The van der Waals surface area contributed by atoms with E-state index >= 15 is 0 Å². The number of carbonyl (C=O) groups excluding carboxylic acids is 1. The van der Waals surface area contributed by atoms with Gasteiger partial charge in [0.05, 0.1) is 18.8 Å². The van der Waals surface area contributed by atoms with Crippen molar-refractivity contribution < 1.29 is 14.0 Å². The molecule has 1 fully saturated rings. The largest absolute Gasteiger partial charge is 0.412 e. The van der Waals surface area contributed by atoms with E-state index in [1.54, 1.807) is 0 Å². The number of benzene rings is 1. The summed E-state index contributed by atoms with van der Waals surface area (Å²) in [6.45, 7) is 16.2. The van der Waals surface area contributed by atoms with Crippen LogP contribution in [0.4, 0.5) is 0 Å². The summed E-state index contributed by atoms with van der Waals surface area (Å²) in [6, 6.07) is 10.1. The van der Waals surface area contributed by atoms with Gasteiger partial charge in [-0.15, -0.1) is 0 Å². The Labute approximate surface area is 153 Å². The lowest BCUT2D eigenvalue weighted by Crippen LogP contribution is -2.59. The fourth-order valence-corrected chi connectivity index (χ4v) is 4.33. The number of morpholine rings is 1. The average Bonchev–Trinajstić information content (AvgIpc) is 2.51. The van der Waals surface area contributed by atoms with Crippen LogP contribution in [0.2, 0.25) is 18.1 Å². The zero-order valence-electron chi connectivity index (χ0n) is 16.7. The van der Waals surface area contributed by atoms with Crippen molar-refractivity contribution in [2.24, 2.45) is 0 Å². The lowest BCUT2D eigenvalue weighted by molar-refractivity contribution is -0.164. The number of carbonyl (C=O) groups is 1. The van der Waals surface area contributed by atoms with Crippen LogP contribution in [0.25, 0.3) is 0 Å². The average molecular weight is 364 g/mol. The van der Waals surface area contributed by atoms with Crippen LogP contribution in [0.15, 0.2) is 30.3 Å². The van der Waals surface area contributed by atoms with Crippen LogP contribution in [-0.4, -0.2) is 44.0 Å². The van der Waals surface area contributed by atoms with Gasteiger partial charge in [0.15, 0.2) is 8.32 Å². The van der Waals surface area contributed by atoms with E-state index in [1.165, 1.54) is 0 Å². The molecule has 1 aromatic carbocycles. The third-order valence-electron chi connectivity index (χ3n) is 5.57. The van der Waals surface area contributed by atoms with Gasteiger partial charge in [0, 0.05) is 6.54 Å². The molecule has 2 unspecified atom stereocenters. The van der Waals surface area contributed by atoms with E-state index in [1.807, 2.05) is 30.0 Å². The molecule has 1 heterocycles. The number of hydrogen-bond donors (Lipinski definition) is 0. The molecule has 1 saturated heterocycles. The molecular weight excluding hydrogens is 330 g/mol. The number of rotatable bonds is 5. The molecule has 1 aliphatic heterocycles. The summed E-state index contributed by atoms with van der Waals surface area (Å²) in [6.07, 6.45) is -0.443. The lowest BCUT2D eigenvalue weighted by Gasteiger charge is -2.45. The van der Waals surface area contributed by atoms with Crippen LogP contribution >= 0.6 is 0 Å². The van der Waals surface area contributed by atoms with Crippen LogP contribution < -0.4 is 0 Å². The topological polar surface area (TPSA) is 38.8 Å². The van der Waals surface area contributed by atoms with Gasteiger partial charge in [-0.25, -0.2) is 0 Å². The van der Waals surface area contributed by atoms with Crippen LogP contribution in [0.1, 0.15) is 40.2 Å². The highest BCUT2D eigenvalue weighted by atomic mass is 28.4. The summed E-state index contributed by atoms with van der Waals surface area (Å²) >= 11 is 0. The number of hydrogen-bond acceptors (Lipinski definition) is 3. The maximum atomic E-state index is 12.8. The van der Waals surface area contributed by atoms with Crippen molar-refractivity contribution in [3.8, 4) is 0 Å². The summed E-state index contributed by atoms with van der Waals surface area (Å²) in [5.41, 5.74) is 1.13. The second-order valence-corrected chi connectivity index (χ2v) is 13.3. The maximum Gasteiger partial charge on any atom is 0.252 e. The third-order valence-corrected chi connectivity index (χ3v) is 10.1. The first-order valence-corrected chi connectivity index (χ1v) is 12.1.